The van der Waals surface area contributed by atoms with Crippen molar-refractivity contribution in [3.8, 4) is 0 Å². The van der Waals surface area contributed by atoms with Gasteiger partial charge in [-0.15, -0.1) is 0 Å². The molecule has 0 aromatic heterocycles. The molecule has 17 heavy (non-hydrogen) atoms. The van der Waals surface area contributed by atoms with Gasteiger partial charge >= 0.3 is 0 Å². The zero-order valence-electron chi connectivity index (χ0n) is 11.1. The van der Waals surface area contributed by atoms with Crippen molar-refractivity contribution in [1.82, 2.24) is 5.32 Å². The number of benzene rings is 1. The van der Waals surface area contributed by atoms with Gasteiger partial charge in [-0.3, -0.25) is 0 Å². The zero-order chi connectivity index (χ0) is 12.1. The van der Waals surface area contributed by atoms with Gasteiger partial charge < -0.3 is 10.2 Å². The quantitative estimate of drug-likeness (QED) is 0.858. The molecule has 2 nitrogen and oxygen atoms in total. The first-order valence-electron chi connectivity index (χ1n) is 6.75. The monoisotopic (exact) mass is 232 g/mol. The Bertz CT molecular complexity index is 323. The summed E-state index contributed by atoms with van der Waals surface area (Å²) in [6, 6.07) is 9.70. The summed E-state index contributed by atoms with van der Waals surface area (Å²) in [5, 5.41) is 3.61. The zero-order valence-corrected chi connectivity index (χ0v) is 11.1. The van der Waals surface area contributed by atoms with E-state index in [-0.39, 0.29) is 0 Å². The molecule has 1 unspecified atom stereocenters. The molecular formula is C15H24N2. The van der Waals surface area contributed by atoms with Gasteiger partial charge in [-0.2, -0.15) is 0 Å². The van der Waals surface area contributed by atoms with E-state index in [1.54, 1.807) is 0 Å². The molecule has 1 aromatic rings. The molecule has 1 heterocycles. The van der Waals surface area contributed by atoms with Crippen LogP contribution in [0.15, 0.2) is 24.3 Å². The molecule has 0 spiro atoms. The molecule has 0 radical (unpaired) electrons. The molecular weight excluding hydrogens is 208 g/mol. The molecule has 1 atom stereocenters. The molecule has 1 aliphatic heterocycles. The van der Waals surface area contributed by atoms with E-state index in [9.17, 15) is 0 Å². The number of anilines is 1. The Balaban J connectivity index is 1.82. The number of aryl methyl sites for hydroxylation is 1. The molecule has 1 N–H and O–H groups in total. The van der Waals surface area contributed by atoms with E-state index >= 15 is 0 Å². The summed E-state index contributed by atoms with van der Waals surface area (Å²) >= 11 is 0. The number of piperidine rings is 1. The summed E-state index contributed by atoms with van der Waals surface area (Å²) in [6.07, 6.45) is 6.59. The molecule has 94 valence electrons. The normalized spacial score (nSPS) is 20.2. The highest BCUT2D eigenvalue weighted by Gasteiger charge is 2.11. The van der Waals surface area contributed by atoms with Crippen LogP contribution in [0.3, 0.4) is 0 Å². The third-order valence-electron chi connectivity index (χ3n) is 3.65. The number of rotatable bonds is 4. The number of hydrogen-bond donors (Lipinski definition) is 1. The molecule has 1 aromatic carbocycles. The maximum atomic E-state index is 3.61. The lowest BCUT2D eigenvalue weighted by Crippen LogP contribution is -2.34. The van der Waals surface area contributed by atoms with Crippen molar-refractivity contribution in [3.05, 3.63) is 29.8 Å². The second-order valence-electron chi connectivity index (χ2n) is 5.25. The molecule has 0 saturated carbocycles. The predicted octanol–water partition coefficient (Wildman–Crippen LogP) is 2.83. The highest BCUT2D eigenvalue weighted by atomic mass is 15.1. The van der Waals surface area contributed by atoms with E-state index in [0.717, 1.165) is 6.04 Å². The van der Waals surface area contributed by atoms with Crippen LogP contribution in [0.2, 0.25) is 0 Å². The Morgan fingerprint density at radius 2 is 1.94 bits per heavy atom. The largest absolute Gasteiger partial charge is 0.378 e. The van der Waals surface area contributed by atoms with Crippen molar-refractivity contribution in [2.24, 2.45) is 0 Å². The summed E-state index contributed by atoms with van der Waals surface area (Å²) in [6.45, 7) is 1.21. The molecule has 1 aliphatic rings. The van der Waals surface area contributed by atoms with E-state index in [2.05, 4.69) is 48.6 Å². The lowest BCUT2D eigenvalue weighted by molar-refractivity contribution is 0.383. The first-order chi connectivity index (χ1) is 8.25. The van der Waals surface area contributed by atoms with Crippen LogP contribution in [0, 0.1) is 0 Å². The standard InChI is InChI=1S/C15H24N2/c1-17(2)15-10-7-13(8-11-15)6-9-14-5-3-4-12-16-14/h7-8,10-11,14,16H,3-6,9,12H2,1-2H3. The highest BCUT2D eigenvalue weighted by Crippen LogP contribution is 2.16. The summed E-state index contributed by atoms with van der Waals surface area (Å²) in [5.74, 6) is 0. The fraction of sp³-hybridized carbons (Fsp3) is 0.600. The lowest BCUT2D eigenvalue weighted by Gasteiger charge is -2.23. The van der Waals surface area contributed by atoms with Gasteiger partial charge in [-0.1, -0.05) is 18.6 Å². The maximum Gasteiger partial charge on any atom is 0.0361 e. The average Bonchev–Trinajstić information content (AvgIpc) is 2.38. The fourth-order valence-electron chi connectivity index (χ4n) is 2.47. The van der Waals surface area contributed by atoms with E-state index in [4.69, 9.17) is 0 Å². The van der Waals surface area contributed by atoms with Crippen molar-refractivity contribution >= 4 is 5.69 Å². The van der Waals surface area contributed by atoms with Crippen LogP contribution >= 0.6 is 0 Å². The highest BCUT2D eigenvalue weighted by molar-refractivity contribution is 5.45. The Morgan fingerprint density at radius 3 is 2.53 bits per heavy atom. The molecule has 0 bridgehead atoms. The van der Waals surface area contributed by atoms with Crippen molar-refractivity contribution < 1.29 is 0 Å². The van der Waals surface area contributed by atoms with Gasteiger partial charge in [0.05, 0.1) is 0 Å². The van der Waals surface area contributed by atoms with E-state index in [1.165, 1.54) is 49.9 Å². The second kappa shape index (κ2) is 6.06. The van der Waals surface area contributed by atoms with Gasteiger partial charge in [0.2, 0.25) is 0 Å². The van der Waals surface area contributed by atoms with Gasteiger partial charge in [0.15, 0.2) is 0 Å². The van der Waals surface area contributed by atoms with Crippen LogP contribution in [-0.2, 0) is 6.42 Å². The van der Waals surface area contributed by atoms with Crippen LogP contribution in [0.5, 0.6) is 0 Å². The summed E-state index contributed by atoms with van der Waals surface area (Å²) in [4.78, 5) is 2.15. The predicted molar refractivity (Wildman–Crippen MR) is 74.7 cm³/mol. The van der Waals surface area contributed by atoms with Crippen LogP contribution < -0.4 is 10.2 Å². The minimum absolute atomic E-state index is 0.747. The Kier molecular flexibility index (Phi) is 4.43. The van der Waals surface area contributed by atoms with E-state index in [1.807, 2.05) is 0 Å². The molecule has 2 heteroatoms. The SMILES string of the molecule is CN(C)c1ccc(CCC2CCCCN2)cc1. The van der Waals surface area contributed by atoms with Crippen molar-refractivity contribution in [3.63, 3.8) is 0 Å². The average molecular weight is 232 g/mol. The third-order valence-corrected chi connectivity index (χ3v) is 3.65. The second-order valence-corrected chi connectivity index (χ2v) is 5.25. The Morgan fingerprint density at radius 1 is 1.18 bits per heavy atom. The van der Waals surface area contributed by atoms with Gasteiger partial charge in [-0.05, 0) is 49.9 Å². The topological polar surface area (TPSA) is 15.3 Å². The molecule has 2 rings (SSSR count). The van der Waals surface area contributed by atoms with Gasteiger partial charge in [0.25, 0.3) is 0 Å². The minimum Gasteiger partial charge on any atom is -0.378 e. The molecule has 1 fully saturated rings. The summed E-state index contributed by atoms with van der Waals surface area (Å²) in [7, 11) is 4.17. The van der Waals surface area contributed by atoms with Crippen LogP contribution in [0.25, 0.3) is 0 Å². The summed E-state index contributed by atoms with van der Waals surface area (Å²) in [5.41, 5.74) is 2.74. The number of nitrogens with zero attached hydrogens (tertiary/aromatic N) is 1. The van der Waals surface area contributed by atoms with Crippen molar-refractivity contribution in [2.45, 2.75) is 38.1 Å². The van der Waals surface area contributed by atoms with Crippen molar-refractivity contribution in [1.29, 1.82) is 0 Å². The Hall–Kier alpha value is -1.02. The number of hydrogen-bond acceptors (Lipinski definition) is 2. The van der Waals surface area contributed by atoms with E-state index in [0.29, 0.717) is 0 Å². The summed E-state index contributed by atoms with van der Waals surface area (Å²) < 4.78 is 0. The fourth-order valence-corrected chi connectivity index (χ4v) is 2.47. The van der Waals surface area contributed by atoms with Gasteiger partial charge in [-0.25, -0.2) is 0 Å². The molecule has 1 saturated heterocycles. The first-order valence-corrected chi connectivity index (χ1v) is 6.75. The Labute approximate surface area is 105 Å². The maximum absolute atomic E-state index is 3.61. The van der Waals surface area contributed by atoms with Crippen LogP contribution in [0.1, 0.15) is 31.2 Å². The van der Waals surface area contributed by atoms with Crippen LogP contribution in [-0.4, -0.2) is 26.7 Å². The van der Waals surface area contributed by atoms with E-state index < -0.39 is 0 Å². The molecule has 0 aliphatic carbocycles. The number of nitrogens with one attached hydrogen (secondary N) is 1. The van der Waals surface area contributed by atoms with Crippen LogP contribution in [0.4, 0.5) is 5.69 Å². The lowest BCUT2D eigenvalue weighted by atomic mass is 9.98. The first kappa shape index (κ1) is 12.4. The smallest absolute Gasteiger partial charge is 0.0361 e. The third kappa shape index (κ3) is 3.74. The van der Waals surface area contributed by atoms with Crippen molar-refractivity contribution in [2.75, 3.05) is 25.5 Å². The minimum atomic E-state index is 0.747. The van der Waals surface area contributed by atoms with Gasteiger partial charge in [0.1, 0.15) is 0 Å². The molecule has 0 amide bonds. The van der Waals surface area contributed by atoms with Gasteiger partial charge in [0, 0.05) is 25.8 Å².